The minimum atomic E-state index is 0.0130. The van der Waals surface area contributed by atoms with E-state index in [2.05, 4.69) is 13.8 Å². The summed E-state index contributed by atoms with van der Waals surface area (Å²) in [5, 5.41) is 0. The van der Waals surface area contributed by atoms with Gasteiger partial charge in [-0.1, -0.05) is 52.4 Å². The van der Waals surface area contributed by atoms with E-state index in [9.17, 15) is 4.79 Å². The van der Waals surface area contributed by atoms with Crippen molar-refractivity contribution in [3.63, 3.8) is 0 Å². The molecule has 0 radical (unpaired) electrons. The molecule has 1 aliphatic carbocycles. The van der Waals surface area contributed by atoms with E-state index in [1.165, 1.54) is 51.2 Å². The molecule has 0 N–H and O–H groups in total. The summed E-state index contributed by atoms with van der Waals surface area (Å²) in [5.74, 6) is 0.637. The zero-order chi connectivity index (χ0) is 11.1. The van der Waals surface area contributed by atoms with Crippen LogP contribution < -0.4 is 0 Å². The van der Waals surface area contributed by atoms with Crippen LogP contribution in [0.25, 0.3) is 0 Å². The average Bonchev–Trinajstić information content (AvgIpc) is 2.38. The lowest BCUT2D eigenvalue weighted by atomic mass is 9.68. The van der Waals surface area contributed by atoms with E-state index in [4.69, 9.17) is 0 Å². The van der Waals surface area contributed by atoms with Gasteiger partial charge >= 0.3 is 0 Å². The van der Waals surface area contributed by atoms with Crippen molar-refractivity contribution in [1.29, 1.82) is 0 Å². The predicted molar refractivity (Wildman–Crippen MR) is 64.9 cm³/mol. The molecule has 88 valence electrons. The second kappa shape index (κ2) is 6.30. The fourth-order valence-electron chi connectivity index (χ4n) is 3.18. The molecule has 0 aromatic heterocycles. The molecule has 0 saturated heterocycles. The topological polar surface area (TPSA) is 17.1 Å². The van der Waals surface area contributed by atoms with Crippen molar-refractivity contribution < 1.29 is 4.79 Å². The van der Waals surface area contributed by atoms with E-state index in [0.29, 0.717) is 5.92 Å². The summed E-state index contributed by atoms with van der Waals surface area (Å²) in [5.41, 5.74) is 0.0130. The molecule has 1 heteroatoms. The minimum Gasteiger partial charge on any atom is -0.303 e. The first-order valence-electron chi connectivity index (χ1n) is 6.75. The molecule has 0 heterocycles. The zero-order valence-electron chi connectivity index (χ0n) is 10.4. The van der Waals surface area contributed by atoms with Gasteiger partial charge in [-0.25, -0.2) is 0 Å². The molecule has 1 saturated carbocycles. The van der Waals surface area contributed by atoms with Crippen LogP contribution in [-0.2, 0) is 4.79 Å². The minimum absolute atomic E-state index is 0.0130. The van der Waals surface area contributed by atoms with E-state index < -0.39 is 0 Å². The Morgan fingerprint density at radius 3 is 2.40 bits per heavy atom. The summed E-state index contributed by atoms with van der Waals surface area (Å²) in [7, 11) is 0. The SMILES string of the molecule is CCC1CCCCCCCC1(C=O)CC. The first-order valence-corrected chi connectivity index (χ1v) is 6.75. The summed E-state index contributed by atoms with van der Waals surface area (Å²) >= 11 is 0. The molecule has 0 aliphatic heterocycles. The molecule has 0 bridgehead atoms. The largest absolute Gasteiger partial charge is 0.303 e. The summed E-state index contributed by atoms with van der Waals surface area (Å²) in [6, 6.07) is 0. The first kappa shape index (κ1) is 12.7. The van der Waals surface area contributed by atoms with Gasteiger partial charge in [-0.15, -0.1) is 0 Å². The van der Waals surface area contributed by atoms with Crippen LogP contribution in [0.15, 0.2) is 0 Å². The van der Waals surface area contributed by atoms with Gasteiger partial charge in [-0.2, -0.15) is 0 Å². The first-order chi connectivity index (χ1) is 7.29. The highest BCUT2D eigenvalue weighted by Gasteiger charge is 2.35. The summed E-state index contributed by atoms with van der Waals surface area (Å²) < 4.78 is 0. The highest BCUT2D eigenvalue weighted by Crippen LogP contribution is 2.41. The lowest BCUT2D eigenvalue weighted by molar-refractivity contribution is -0.120. The van der Waals surface area contributed by atoms with Crippen molar-refractivity contribution >= 4 is 6.29 Å². The van der Waals surface area contributed by atoms with Crippen LogP contribution in [0.1, 0.15) is 71.6 Å². The molecular weight excluding hydrogens is 184 g/mol. The standard InChI is InChI=1S/C14H26O/c1-3-13-10-8-6-5-7-9-11-14(13,4-2)12-15/h12-13H,3-11H2,1-2H3. The Morgan fingerprint density at radius 1 is 1.13 bits per heavy atom. The summed E-state index contributed by atoms with van der Waals surface area (Å²) in [4.78, 5) is 11.5. The summed E-state index contributed by atoms with van der Waals surface area (Å²) in [6.07, 6.45) is 12.5. The number of hydrogen-bond donors (Lipinski definition) is 0. The van der Waals surface area contributed by atoms with E-state index in [0.717, 1.165) is 12.8 Å². The Hall–Kier alpha value is -0.330. The van der Waals surface area contributed by atoms with Crippen molar-refractivity contribution in [2.45, 2.75) is 71.6 Å². The van der Waals surface area contributed by atoms with Gasteiger partial charge in [0.15, 0.2) is 0 Å². The third-order valence-corrected chi connectivity index (χ3v) is 4.39. The number of rotatable bonds is 3. The van der Waals surface area contributed by atoms with Gasteiger partial charge in [-0.3, -0.25) is 0 Å². The second-order valence-electron chi connectivity index (χ2n) is 5.12. The molecule has 0 amide bonds. The van der Waals surface area contributed by atoms with Crippen LogP contribution in [0.3, 0.4) is 0 Å². The molecule has 2 atom stereocenters. The number of hydrogen-bond acceptors (Lipinski definition) is 1. The normalized spacial score (nSPS) is 33.9. The molecular formula is C14H26O. The molecule has 1 fully saturated rings. The molecule has 1 aliphatic rings. The third-order valence-electron chi connectivity index (χ3n) is 4.39. The Kier molecular flexibility index (Phi) is 5.35. The zero-order valence-corrected chi connectivity index (χ0v) is 10.4. The van der Waals surface area contributed by atoms with Crippen LogP contribution >= 0.6 is 0 Å². The Morgan fingerprint density at radius 2 is 1.80 bits per heavy atom. The van der Waals surface area contributed by atoms with Gasteiger partial charge in [0.2, 0.25) is 0 Å². The lowest BCUT2D eigenvalue weighted by Gasteiger charge is -2.35. The highest BCUT2D eigenvalue weighted by molar-refractivity contribution is 5.59. The van der Waals surface area contributed by atoms with Crippen molar-refractivity contribution in [3.8, 4) is 0 Å². The predicted octanol–water partition coefficient (Wildman–Crippen LogP) is 4.35. The van der Waals surface area contributed by atoms with Crippen LogP contribution in [0.4, 0.5) is 0 Å². The molecule has 15 heavy (non-hydrogen) atoms. The molecule has 0 aromatic carbocycles. The van der Waals surface area contributed by atoms with Crippen molar-refractivity contribution in [3.05, 3.63) is 0 Å². The Labute approximate surface area is 94.6 Å². The van der Waals surface area contributed by atoms with Crippen molar-refractivity contribution in [2.75, 3.05) is 0 Å². The van der Waals surface area contributed by atoms with Gasteiger partial charge in [0.05, 0.1) is 0 Å². The van der Waals surface area contributed by atoms with Crippen LogP contribution in [0.5, 0.6) is 0 Å². The summed E-state index contributed by atoms with van der Waals surface area (Å²) in [6.45, 7) is 4.44. The van der Waals surface area contributed by atoms with E-state index in [-0.39, 0.29) is 5.41 Å². The maximum Gasteiger partial charge on any atom is 0.126 e. The molecule has 1 nitrogen and oxygen atoms in total. The molecule has 2 unspecified atom stereocenters. The average molecular weight is 210 g/mol. The number of carbonyl (C=O) groups is 1. The Balaban J connectivity index is 2.76. The lowest BCUT2D eigenvalue weighted by Crippen LogP contribution is -2.31. The molecule has 0 aromatic rings. The maximum atomic E-state index is 11.5. The Bertz CT molecular complexity index is 188. The van der Waals surface area contributed by atoms with Gasteiger partial charge in [-0.05, 0) is 25.2 Å². The van der Waals surface area contributed by atoms with Gasteiger partial charge in [0.25, 0.3) is 0 Å². The van der Waals surface area contributed by atoms with E-state index >= 15 is 0 Å². The van der Waals surface area contributed by atoms with E-state index in [1.807, 2.05) is 0 Å². The van der Waals surface area contributed by atoms with Crippen LogP contribution in [-0.4, -0.2) is 6.29 Å². The highest BCUT2D eigenvalue weighted by atomic mass is 16.1. The molecule has 0 spiro atoms. The smallest absolute Gasteiger partial charge is 0.126 e. The van der Waals surface area contributed by atoms with Gasteiger partial charge in [0, 0.05) is 5.41 Å². The quantitative estimate of drug-likeness (QED) is 0.633. The second-order valence-corrected chi connectivity index (χ2v) is 5.12. The van der Waals surface area contributed by atoms with Crippen LogP contribution in [0, 0.1) is 11.3 Å². The fourth-order valence-corrected chi connectivity index (χ4v) is 3.18. The fraction of sp³-hybridized carbons (Fsp3) is 0.929. The number of aldehydes is 1. The molecule has 1 rings (SSSR count). The maximum absolute atomic E-state index is 11.5. The van der Waals surface area contributed by atoms with Gasteiger partial charge in [0.1, 0.15) is 6.29 Å². The van der Waals surface area contributed by atoms with E-state index in [1.54, 1.807) is 0 Å². The third kappa shape index (κ3) is 3.06. The number of carbonyl (C=O) groups excluding carboxylic acids is 1. The van der Waals surface area contributed by atoms with Crippen LogP contribution in [0.2, 0.25) is 0 Å². The van der Waals surface area contributed by atoms with Gasteiger partial charge < -0.3 is 4.79 Å². The van der Waals surface area contributed by atoms with Crippen molar-refractivity contribution in [2.24, 2.45) is 11.3 Å². The monoisotopic (exact) mass is 210 g/mol. The van der Waals surface area contributed by atoms with Crippen molar-refractivity contribution in [1.82, 2.24) is 0 Å².